The van der Waals surface area contributed by atoms with Crippen LogP contribution >= 0.6 is 8.58 Å². The SMILES string of the molecule is CCOC(C)Oc1ccc(PC(=O)c2c(C)cc(C)c(C)c2C)cc1. The van der Waals surface area contributed by atoms with Crippen LogP contribution in [0.3, 0.4) is 0 Å². The number of benzene rings is 2. The van der Waals surface area contributed by atoms with Crippen LogP contribution in [-0.4, -0.2) is 18.4 Å². The molecule has 2 aromatic carbocycles. The molecule has 0 radical (unpaired) electrons. The van der Waals surface area contributed by atoms with Crippen LogP contribution in [0.4, 0.5) is 0 Å². The van der Waals surface area contributed by atoms with Gasteiger partial charge in [-0.05, 0) is 89.8 Å². The molecule has 0 N–H and O–H groups in total. The number of rotatable bonds is 7. The van der Waals surface area contributed by atoms with Crippen molar-refractivity contribution in [3.8, 4) is 5.75 Å². The number of carbonyl (C=O) groups excluding carboxylic acids is 1. The molecule has 3 nitrogen and oxygen atoms in total. The van der Waals surface area contributed by atoms with Crippen LogP contribution in [0.15, 0.2) is 30.3 Å². The Morgan fingerprint density at radius 3 is 2.28 bits per heavy atom. The Kier molecular flexibility index (Phi) is 6.75. The standard InChI is InChI=1S/C21H27O3P/c1-7-23-17(6)24-18-8-10-19(11-9-18)25-21(22)20-14(3)12-13(2)15(4)16(20)5/h8-12,17,25H,7H2,1-6H3. The van der Waals surface area contributed by atoms with Crippen molar-refractivity contribution in [1.82, 2.24) is 0 Å². The maximum Gasteiger partial charge on any atom is 0.196 e. The van der Waals surface area contributed by atoms with E-state index in [1.807, 2.05) is 52.0 Å². The summed E-state index contributed by atoms with van der Waals surface area (Å²) >= 11 is 0. The first-order valence-corrected chi connectivity index (χ1v) is 9.60. The number of aryl methyl sites for hydroxylation is 2. The number of hydrogen-bond acceptors (Lipinski definition) is 3. The Hall–Kier alpha value is -1.70. The van der Waals surface area contributed by atoms with Gasteiger partial charge in [-0.2, -0.15) is 0 Å². The monoisotopic (exact) mass is 358 g/mol. The van der Waals surface area contributed by atoms with Gasteiger partial charge in [0.15, 0.2) is 11.8 Å². The summed E-state index contributed by atoms with van der Waals surface area (Å²) in [5.41, 5.74) is 5.65. The molecule has 134 valence electrons. The molecular weight excluding hydrogens is 331 g/mol. The van der Waals surface area contributed by atoms with Crippen molar-refractivity contribution < 1.29 is 14.3 Å². The fourth-order valence-corrected chi connectivity index (χ4v) is 4.01. The quantitative estimate of drug-likeness (QED) is 0.525. The minimum Gasteiger partial charge on any atom is -0.465 e. The van der Waals surface area contributed by atoms with Gasteiger partial charge in [0.05, 0.1) is 0 Å². The van der Waals surface area contributed by atoms with Gasteiger partial charge in [-0.15, -0.1) is 0 Å². The molecule has 0 aliphatic heterocycles. The van der Waals surface area contributed by atoms with Crippen molar-refractivity contribution >= 4 is 19.4 Å². The van der Waals surface area contributed by atoms with Gasteiger partial charge < -0.3 is 9.47 Å². The number of ether oxygens (including phenoxy) is 2. The Balaban J connectivity index is 2.13. The predicted molar refractivity (Wildman–Crippen MR) is 106 cm³/mol. The Labute approximate surface area is 152 Å². The highest BCUT2D eigenvalue weighted by Gasteiger charge is 2.16. The Morgan fingerprint density at radius 2 is 1.68 bits per heavy atom. The van der Waals surface area contributed by atoms with E-state index in [0.717, 1.165) is 27.7 Å². The van der Waals surface area contributed by atoms with Gasteiger partial charge >= 0.3 is 0 Å². The van der Waals surface area contributed by atoms with Crippen LogP contribution in [0.5, 0.6) is 5.75 Å². The fourth-order valence-electron chi connectivity index (χ4n) is 2.90. The topological polar surface area (TPSA) is 35.5 Å². The zero-order valence-corrected chi connectivity index (χ0v) is 16.9. The molecule has 0 aromatic heterocycles. The van der Waals surface area contributed by atoms with Crippen LogP contribution in [0.2, 0.25) is 0 Å². The lowest BCUT2D eigenvalue weighted by Gasteiger charge is -2.15. The largest absolute Gasteiger partial charge is 0.465 e. The third-order valence-electron chi connectivity index (χ3n) is 4.40. The molecule has 0 saturated heterocycles. The van der Waals surface area contributed by atoms with E-state index < -0.39 is 0 Å². The van der Waals surface area contributed by atoms with Gasteiger partial charge in [-0.3, -0.25) is 4.79 Å². The van der Waals surface area contributed by atoms with Crippen LogP contribution in [0, 0.1) is 27.7 Å². The van der Waals surface area contributed by atoms with E-state index in [1.165, 1.54) is 11.1 Å². The minimum absolute atomic E-state index is 0.109. The summed E-state index contributed by atoms with van der Waals surface area (Å²) in [7, 11) is 0.109. The first-order valence-electron chi connectivity index (χ1n) is 8.60. The lowest BCUT2D eigenvalue weighted by molar-refractivity contribution is -0.0613. The van der Waals surface area contributed by atoms with E-state index >= 15 is 0 Å². The molecule has 25 heavy (non-hydrogen) atoms. The minimum atomic E-state index is -0.277. The van der Waals surface area contributed by atoms with Crippen LogP contribution in [-0.2, 0) is 4.74 Å². The molecule has 0 aliphatic rings. The summed E-state index contributed by atoms with van der Waals surface area (Å²) in [5, 5.41) is 1.01. The molecule has 2 atom stereocenters. The van der Waals surface area contributed by atoms with Crippen LogP contribution < -0.4 is 10.0 Å². The Morgan fingerprint density at radius 1 is 1.04 bits per heavy atom. The molecule has 4 heteroatoms. The molecule has 0 aliphatic carbocycles. The normalized spacial score (nSPS) is 12.6. The first kappa shape index (κ1) is 19.6. The molecule has 2 unspecified atom stereocenters. The van der Waals surface area contributed by atoms with Crippen molar-refractivity contribution in [1.29, 1.82) is 0 Å². The molecule has 0 amide bonds. The lowest BCUT2D eigenvalue weighted by atomic mass is 9.95. The third-order valence-corrected chi connectivity index (χ3v) is 5.50. The zero-order valence-electron chi connectivity index (χ0n) is 15.9. The summed E-state index contributed by atoms with van der Waals surface area (Å²) in [6, 6.07) is 9.80. The number of hydrogen-bond donors (Lipinski definition) is 0. The molecule has 2 rings (SSSR count). The van der Waals surface area contributed by atoms with E-state index in [9.17, 15) is 4.79 Å². The molecule has 0 spiro atoms. The van der Waals surface area contributed by atoms with Crippen molar-refractivity contribution in [3.63, 3.8) is 0 Å². The number of carbonyl (C=O) groups is 1. The fraction of sp³-hybridized carbons (Fsp3) is 0.381. The molecule has 2 aromatic rings. The molecular formula is C21H27O3P. The third kappa shape index (κ3) is 4.90. The summed E-state index contributed by atoms with van der Waals surface area (Å²) in [6.07, 6.45) is -0.277. The maximum atomic E-state index is 12.8. The second-order valence-electron chi connectivity index (χ2n) is 6.25. The van der Waals surface area contributed by atoms with E-state index in [4.69, 9.17) is 9.47 Å². The molecule has 0 bridgehead atoms. The first-order chi connectivity index (χ1) is 11.8. The smallest absolute Gasteiger partial charge is 0.196 e. The van der Waals surface area contributed by atoms with E-state index in [0.29, 0.717) is 6.61 Å². The van der Waals surface area contributed by atoms with Gasteiger partial charge in [0, 0.05) is 12.2 Å². The Bertz CT molecular complexity index is 751. The summed E-state index contributed by atoms with van der Waals surface area (Å²) in [4.78, 5) is 12.8. The highest BCUT2D eigenvalue weighted by atomic mass is 31.1. The van der Waals surface area contributed by atoms with Gasteiger partial charge in [0.1, 0.15) is 5.75 Å². The van der Waals surface area contributed by atoms with E-state index in [-0.39, 0.29) is 20.4 Å². The average molecular weight is 358 g/mol. The predicted octanol–water partition coefficient (Wildman–Crippen LogP) is 4.83. The van der Waals surface area contributed by atoms with Crippen LogP contribution in [0.25, 0.3) is 0 Å². The van der Waals surface area contributed by atoms with Gasteiger partial charge in [0.2, 0.25) is 0 Å². The average Bonchev–Trinajstić information content (AvgIpc) is 2.55. The second-order valence-corrected chi connectivity index (χ2v) is 7.54. The highest BCUT2D eigenvalue weighted by molar-refractivity contribution is 7.66. The maximum absolute atomic E-state index is 12.8. The summed E-state index contributed by atoms with van der Waals surface area (Å²) < 4.78 is 11.0. The zero-order chi connectivity index (χ0) is 18.6. The van der Waals surface area contributed by atoms with Crippen molar-refractivity contribution in [3.05, 3.63) is 58.1 Å². The van der Waals surface area contributed by atoms with Gasteiger partial charge in [-0.25, -0.2) is 0 Å². The van der Waals surface area contributed by atoms with E-state index in [2.05, 4.69) is 19.9 Å². The van der Waals surface area contributed by atoms with Crippen molar-refractivity contribution in [2.45, 2.75) is 47.8 Å². The molecule has 0 heterocycles. The van der Waals surface area contributed by atoms with Gasteiger partial charge in [-0.1, -0.05) is 18.2 Å². The van der Waals surface area contributed by atoms with E-state index in [1.54, 1.807) is 0 Å². The van der Waals surface area contributed by atoms with Crippen molar-refractivity contribution in [2.24, 2.45) is 0 Å². The van der Waals surface area contributed by atoms with Crippen molar-refractivity contribution in [2.75, 3.05) is 6.61 Å². The highest BCUT2D eigenvalue weighted by Crippen LogP contribution is 2.28. The van der Waals surface area contributed by atoms with Gasteiger partial charge in [0.25, 0.3) is 0 Å². The second kappa shape index (κ2) is 8.60. The summed E-state index contributed by atoms with van der Waals surface area (Å²) in [5.74, 6) is 0.750. The van der Waals surface area contributed by atoms with Crippen LogP contribution in [0.1, 0.15) is 46.5 Å². The molecule has 0 saturated carbocycles. The summed E-state index contributed by atoms with van der Waals surface area (Å²) in [6.45, 7) is 12.6. The lowest BCUT2D eigenvalue weighted by Crippen LogP contribution is -2.16. The molecule has 0 fully saturated rings.